The Labute approximate surface area is 91.0 Å². The summed E-state index contributed by atoms with van der Waals surface area (Å²) in [4.78, 5) is 24.0. The standard InChI is InChI=1S/C10H11NO5/c1-11(2)10(16)5-3-6(12)8(14)9(15)7(13)4-5/h3-4H,1-2H3,(H3,12,13,14,15). The molecule has 0 aromatic heterocycles. The summed E-state index contributed by atoms with van der Waals surface area (Å²) in [5.41, 5.74) is -1.06. The van der Waals surface area contributed by atoms with Crippen LogP contribution in [0.15, 0.2) is 16.9 Å². The molecule has 0 unspecified atom stereocenters. The van der Waals surface area contributed by atoms with Crippen molar-refractivity contribution in [1.29, 1.82) is 0 Å². The maximum atomic E-state index is 11.5. The normalized spacial score (nSPS) is 9.88. The van der Waals surface area contributed by atoms with Gasteiger partial charge in [-0.1, -0.05) is 0 Å². The Hall–Kier alpha value is -2.24. The van der Waals surface area contributed by atoms with Crippen LogP contribution in [-0.2, 0) is 0 Å². The van der Waals surface area contributed by atoms with Crippen LogP contribution in [0.4, 0.5) is 0 Å². The van der Waals surface area contributed by atoms with Gasteiger partial charge in [-0.15, -0.1) is 0 Å². The van der Waals surface area contributed by atoms with E-state index in [9.17, 15) is 14.7 Å². The Balaban J connectivity index is 3.54. The molecule has 1 rings (SSSR count). The van der Waals surface area contributed by atoms with Gasteiger partial charge in [0.15, 0.2) is 5.75 Å². The van der Waals surface area contributed by atoms with E-state index in [2.05, 4.69) is 0 Å². The van der Waals surface area contributed by atoms with Crippen molar-refractivity contribution in [3.63, 3.8) is 0 Å². The second kappa shape index (κ2) is 4.09. The van der Waals surface area contributed by atoms with Gasteiger partial charge in [-0.2, -0.15) is 0 Å². The first-order valence-electron chi connectivity index (χ1n) is 4.35. The molecule has 1 aromatic rings. The third kappa shape index (κ3) is 2.05. The molecule has 0 saturated heterocycles. The van der Waals surface area contributed by atoms with Gasteiger partial charge in [0, 0.05) is 25.7 Å². The second-order valence-corrected chi connectivity index (χ2v) is 3.39. The minimum Gasteiger partial charge on any atom is -0.504 e. The van der Waals surface area contributed by atoms with E-state index in [0.29, 0.717) is 0 Å². The Morgan fingerprint density at radius 2 is 1.69 bits per heavy atom. The number of aromatic hydroxyl groups is 3. The van der Waals surface area contributed by atoms with E-state index in [4.69, 9.17) is 10.2 Å². The van der Waals surface area contributed by atoms with E-state index >= 15 is 0 Å². The van der Waals surface area contributed by atoms with Crippen LogP contribution < -0.4 is 5.43 Å². The number of hydrogen-bond donors (Lipinski definition) is 3. The van der Waals surface area contributed by atoms with Gasteiger partial charge in [0.05, 0.1) is 0 Å². The predicted molar refractivity (Wildman–Crippen MR) is 55.7 cm³/mol. The molecule has 0 atom stereocenters. The average Bonchev–Trinajstić information content (AvgIpc) is 2.31. The molecule has 6 nitrogen and oxygen atoms in total. The third-order valence-electron chi connectivity index (χ3n) is 1.93. The van der Waals surface area contributed by atoms with Crippen LogP contribution in [0.1, 0.15) is 10.4 Å². The first-order chi connectivity index (χ1) is 7.34. The minimum absolute atomic E-state index is 0.122. The van der Waals surface area contributed by atoms with Gasteiger partial charge in [0.1, 0.15) is 0 Å². The molecule has 0 bridgehead atoms. The zero-order valence-corrected chi connectivity index (χ0v) is 8.76. The summed E-state index contributed by atoms with van der Waals surface area (Å²) in [6, 6.07) is 1.76. The zero-order valence-electron chi connectivity index (χ0n) is 8.76. The van der Waals surface area contributed by atoms with Crippen LogP contribution in [0.25, 0.3) is 0 Å². The number of nitrogens with zero attached hydrogens (tertiary/aromatic N) is 1. The molecule has 16 heavy (non-hydrogen) atoms. The summed E-state index contributed by atoms with van der Waals surface area (Å²) >= 11 is 0. The van der Waals surface area contributed by atoms with Gasteiger partial charge in [0.25, 0.3) is 5.91 Å². The van der Waals surface area contributed by atoms with E-state index in [1.807, 2.05) is 0 Å². The topological polar surface area (TPSA) is 98.1 Å². The molecule has 1 aromatic carbocycles. The van der Waals surface area contributed by atoms with Crippen LogP contribution in [0.3, 0.4) is 0 Å². The molecule has 0 fully saturated rings. The van der Waals surface area contributed by atoms with Gasteiger partial charge >= 0.3 is 0 Å². The lowest BCUT2D eigenvalue weighted by Crippen LogP contribution is -2.22. The number of amides is 1. The van der Waals surface area contributed by atoms with Crippen molar-refractivity contribution in [2.45, 2.75) is 0 Å². The van der Waals surface area contributed by atoms with Crippen molar-refractivity contribution < 1.29 is 20.1 Å². The molecule has 6 heteroatoms. The van der Waals surface area contributed by atoms with Gasteiger partial charge < -0.3 is 20.2 Å². The van der Waals surface area contributed by atoms with Crippen LogP contribution in [-0.4, -0.2) is 40.2 Å². The van der Waals surface area contributed by atoms with Gasteiger partial charge in [0.2, 0.25) is 16.9 Å². The molecular weight excluding hydrogens is 214 g/mol. The first kappa shape index (κ1) is 11.8. The van der Waals surface area contributed by atoms with Crippen molar-refractivity contribution >= 4 is 5.91 Å². The highest BCUT2D eigenvalue weighted by Gasteiger charge is 2.14. The highest BCUT2D eigenvalue weighted by molar-refractivity contribution is 5.94. The fraction of sp³-hybridized carbons (Fsp3) is 0.200. The maximum Gasteiger partial charge on any atom is 0.253 e. The Bertz CT molecular complexity index is 495. The van der Waals surface area contributed by atoms with E-state index in [-0.39, 0.29) is 5.56 Å². The summed E-state index contributed by atoms with van der Waals surface area (Å²) in [5.74, 6) is -3.19. The van der Waals surface area contributed by atoms with Gasteiger partial charge in [-0.05, 0) is 6.07 Å². The SMILES string of the molecule is CN(C)C(=O)c1cc(O)c(O)c(O)c(=O)c1. The molecule has 3 N–H and O–H groups in total. The predicted octanol–water partition coefficient (Wildman–Crippen LogP) is -0.135. The fourth-order valence-corrected chi connectivity index (χ4v) is 1.09. The Kier molecular flexibility index (Phi) is 3.03. The van der Waals surface area contributed by atoms with E-state index in [1.54, 1.807) is 0 Å². The average molecular weight is 225 g/mol. The summed E-state index contributed by atoms with van der Waals surface area (Å²) < 4.78 is 0. The van der Waals surface area contributed by atoms with Crippen LogP contribution in [0.2, 0.25) is 0 Å². The molecule has 0 aliphatic carbocycles. The van der Waals surface area contributed by atoms with Gasteiger partial charge in [-0.3, -0.25) is 9.59 Å². The molecule has 0 spiro atoms. The molecule has 0 radical (unpaired) electrons. The molecule has 0 heterocycles. The monoisotopic (exact) mass is 225 g/mol. The summed E-state index contributed by atoms with van der Waals surface area (Å²) in [6.07, 6.45) is 0. The van der Waals surface area contributed by atoms with Crippen molar-refractivity contribution in [3.8, 4) is 17.2 Å². The lowest BCUT2D eigenvalue weighted by atomic mass is 10.2. The largest absolute Gasteiger partial charge is 0.504 e. The molecule has 0 aliphatic rings. The fourth-order valence-electron chi connectivity index (χ4n) is 1.09. The number of hydrogen-bond acceptors (Lipinski definition) is 5. The lowest BCUT2D eigenvalue weighted by molar-refractivity contribution is 0.0827. The molecule has 1 amide bonds. The summed E-state index contributed by atoms with van der Waals surface area (Å²) in [7, 11) is 2.94. The summed E-state index contributed by atoms with van der Waals surface area (Å²) in [5, 5.41) is 27.6. The van der Waals surface area contributed by atoms with Gasteiger partial charge in [-0.25, -0.2) is 0 Å². The highest BCUT2D eigenvalue weighted by atomic mass is 16.3. The number of carbonyl (C=O) groups is 1. The summed E-state index contributed by atoms with van der Waals surface area (Å²) in [6.45, 7) is 0. The van der Waals surface area contributed by atoms with E-state index < -0.39 is 28.6 Å². The highest BCUT2D eigenvalue weighted by Crippen LogP contribution is 2.30. The molecular formula is C10H11NO5. The Morgan fingerprint density at radius 1 is 1.12 bits per heavy atom. The van der Waals surface area contributed by atoms with Crippen LogP contribution in [0.5, 0.6) is 17.2 Å². The first-order valence-corrected chi connectivity index (χ1v) is 4.35. The molecule has 0 saturated carbocycles. The Morgan fingerprint density at radius 3 is 2.19 bits per heavy atom. The molecule has 0 aliphatic heterocycles. The van der Waals surface area contributed by atoms with Crippen molar-refractivity contribution in [2.75, 3.05) is 14.1 Å². The van der Waals surface area contributed by atoms with E-state index in [1.165, 1.54) is 19.0 Å². The van der Waals surface area contributed by atoms with Crippen molar-refractivity contribution in [1.82, 2.24) is 4.90 Å². The smallest absolute Gasteiger partial charge is 0.253 e. The molecule has 86 valence electrons. The second-order valence-electron chi connectivity index (χ2n) is 3.39. The number of rotatable bonds is 1. The van der Waals surface area contributed by atoms with Crippen LogP contribution >= 0.6 is 0 Å². The maximum absolute atomic E-state index is 11.5. The minimum atomic E-state index is -0.990. The van der Waals surface area contributed by atoms with Crippen molar-refractivity contribution in [2.24, 2.45) is 0 Å². The lowest BCUT2D eigenvalue weighted by Gasteiger charge is -2.08. The third-order valence-corrected chi connectivity index (χ3v) is 1.93. The van der Waals surface area contributed by atoms with Crippen molar-refractivity contribution in [3.05, 3.63) is 27.9 Å². The quantitative estimate of drug-likeness (QED) is 0.618. The number of carbonyl (C=O) groups excluding carboxylic acids is 1. The van der Waals surface area contributed by atoms with Crippen LogP contribution in [0, 0.1) is 0 Å². The van der Waals surface area contributed by atoms with E-state index in [0.717, 1.165) is 12.1 Å². The zero-order chi connectivity index (χ0) is 12.5.